The van der Waals surface area contributed by atoms with Gasteiger partial charge in [-0.3, -0.25) is 0 Å². The molecular weight excluding hydrogens is 467 g/mol. The summed E-state index contributed by atoms with van der Waals surface area (Å²) in [6, 6.07) is 0. The fourth-order valence-corrected chi connectivity index (χ4v) is 3.52. The second-order valence-electron chi connectivity index (χ2n) is 8.44. The molecular formula is C24H45N6O4P. The molecule has 0 aliphatic carbocycles. The largest absolute Gasteiger partial charge is 0.822 e. The van der Waals surface area contributed by atoms with E-state index in [0.29, 0.717) is 0 Å². The van der Waals surface area contributed by atoms with Crippen molar-refractivity contribution in [3.8, 4) is 0 Å². The van der Waals surface area contributed by atoms with Crippen molar-refractivity contribution < 1.29 is 32.9 Å². The first kappa shape index (κ1) is 32.7. The molecule has 0 saturated heterocycles. The van der Waals surface area contributed by atoms with Gasteiger partial charge < -0.3 is 19.2 Å². The average Bonchev–Trinajstić information content (AvgIpc) is 3.29. The van der Waals surface area contributed by atoms with Gasteiger partial charge in [0, 0.05) is 41.5 Å². The molecule has 0 aliphatic rings. The number of phosphoric acid groups is 1. The highest BCUT2D eigenvalue weighted by molar-refractivity contribution is 7.40. The van der Waals surface area contributed by atoms with E-state index in [4.69, 9.17) is 19.2 Å². The van der Waals surface area contributed by atoms with Gasteiger partial charge in [0.15, 0.2) is 0 Å². The molecule has 3 rings (SSSR count). The van der Waals surface area contributed by atoms with Crippen molar-refractivity contribution >= 4 is 7.82 Å². The van der Waals surface area contributed by atoms with E-state index in [0.717, 1.165) is 19.6 Å². The van der Waals surface area contributed by atoms with Crippen LogP contribution in [0.25, 0.3) is 0 Å². The van der Waals surface area contributed by atoms with Crippen molar-refractivity contribution in [2.45, 2.75) is 81.9 Å². The topological polar surface area (TPSA) is 113 Å². The second kappa shape index (κ2) is 14.3. The number of nitrogens with zero attached hydrogens (tertiary/aromatic N) is 6. The Morgan fingerprint density at radius 1 is 0.600 bits per heavy atom. The van der Waals surface area contributed by atoms with Gasteiger partial charge in [-0.05, 0) is 20.8 Å². The minimum Gasteiger partial charge on any atom is -0.822 e. The first-order valence-corrected chi connectivity index (χ1v) is 13.3. The zero-order valence-electron chi connectivity index (χ0n) is 23.6. The first-order chi connectivity index (χ1) is 16.0. The third kappa shape index (κ3) is 10.5. The SMILES string of the molecule is CC[n+]1cc(C)n(C)c1C.CC[n+]1cc(C)n(C)c1C.CC[n+]1cc(C)n(C)c1C.O=P([O-])([O-])[O-]. The van der Waals surface area contributed by atoms with Gasteiger partial charge in [0.05, 0.1) is 40.8 Å². The number of hydrogen-bond acceptors (Lipinski definition) is 4. The lowest BCUT2D eigenvalue weighted by Crippen LogP contribution is -2.33. The quantitative estimate of drug-likeness (QED) is 0.364. The Hall–Kier alpha value is -2.26. The molecule has 0 atom stereocenters. The van der Waals surface area contributed by atoms with Crippen LogP contribution in [0.5, 0.6) is 0 Å². The van der Waals surface area contributed by atoms with Crippen LogP contribution in [0.3, 0.4) is 0 Å². The molecule has 3 heterocycles. The van der Waals surface area contributed by atoms with Crippen LogP contribution in [-0.4, -0.2) is 13.7 Å². The minimum atomic E-state index is -5.39. The Morgan fingerprint density at radius 3 is 0.829 bits per heavy atom. The molecule has 35 heavy (non-hydrogen) atoms. The van der Waals surface area contributed by atoms with E-state index in [-0.39, 0.29) is 0 Å². The molecule has 11 heteroatoms. The maximum atomic E-state index is 8.55. The third-order valence-electron chi connectivity index (χ3n) is 6.34. The number of imidazole rings is 3. The predicted molar refractivity (Wildman–Crippen MR) is 130 cm³/mol. The van der Waals surface area contributed by atoms with Crippen LogP contribution in [-0.2, 0) is 45.3 Å². The molecule has 3 aromatic heterocycles. The average molecular weight is 513 g/mol. The maximum absolute atomic E-state index is 8.55. The fourth-order valence-electron chi connectivity index (χ4n) is 3.52. The first-order valence-electron chi connectivity index (χ1n) is 11.8. The van der Waals surface area contributed by atoms with Crippen molar-refractivity contribution in [2.24, 2.45) is 21.1 Å². The predicted octanol–water partition coefficient (Wildman–Crippen LogP) is 0.0234. The highest BCUT2D eigenvalue weighted by atomic mass is 31.2. The van der Waals surface area contributed by atoms with Gasteiger partial charge in [-0.2, -0.15) is 7.82 Å². The fraction of sp³-hybridized carbons (Fsp3) is 0.625. The van der Waals surface area contributed by atoms with E-state index in [1.165, 1.54) is 34.6 Å². The molecule has 0 aliphatic heterocycles. The normalized spacial score (nSPS) is 10.6. The summed E-state index contributed by atoms with van der Waals surface area (Å²) in [5, 5.41) is 0. The number of aromatic nitrogens is 6. The Bertz CT molecular complexity index is 992. The minimum absolute atomic E-state index is 1.06. The molecule has 0 spiro atoms. The van der Waals surface area contributed by atoms with Crippen LogP contribution in [0.15, 0.2) is 18.6 Å². The zero-order valence-corrected chi connectivity index (χ0v) is 24.5. The van der Waals surface area contributed by atoms with E-state index < -0.39 is 7.82 Å². The molecule has 0 aromatic carbocycles. The monoisotopic (exact) mass is 512 g/mol. The molecule has 0 unspecified atom stereocenters. The summed E-state index contributed by atoms with van der Waals surface area (Å²) in [6.07, 6.45) is 6.53. The highest BCUT2D eigenvalue weighted by Gasteiger charge is 2.11. The lowest BCUT2D eigenvalue weighted by molar-refractivity contribution is -0.699. The van der Waals surface area contributed by atoms with Crippen LogP contribution in [0.2, 0.25) is 0 Å². The summed E-state index contributed by atoms with van der Waals surface area (Å²) in [5.74, 6) is 3.96. The van der Waals surface area contributed by atoms with Gasteiger partial charge in [0.25, 0.3) is 17.5 Å². The summed E-state index contributed by atoms with van der Waals surface area (Å²) in [4.78, 5) is 25.6. The lowest BCUT2D eigenvalue weighted by Gasteiger charge is -2.36. The van der Waals surface area contributed by atoms with E-state index in [9.17, 15) is 0 Å². The lowest BCUT2D eigenvalue weighted by atomic mass is 10.5. The highest BCUT2D eigenvalue weighted by Crippen LogP contribution is 2.03. The Balaban J connectivity index is 0.000000453. The van der Waals surface area contributed by atoms with Crippen molar-refractivity contribution in [3.05, 3.63) is 53.1 Å². The summed E-state index contributed by atoms with van der Waals surface area (Å²) < 4.78 is 21.9. The standard InChI is InChI=1S/3C8H15N2.H3O4P/c3*1-5-10-6-7(2)9(4)8(10)3;1-5(2,3)4/h3*6H,5H2,1-4H3;(H3,1,2,3,4)/q3*+1;/p-3. The van der Waals surface area contributed by atoms with Gasteiger partial charge >= 0.3 is 0 Å². The van der Waals surface area contributed by atoms with Crippen molar-refractivity contribution in [2.75, 3.05) is 0 Å². The summed E-state index contributed by atoms with van der Waals surface area (Å²) in [7, 11) is 0.893. The molecule has 3 aromatic rings. The zero-order chi connectivity index (χ0) is 27.7. The van der Waals surface area contributed by atoms with Crippen molar-refractivity contribution in [3.63, 3.8) is 0 Å². The molecule has 0 saturated carbocycles. The molecule has 0 fully saturated rings. The van der Waals surface area contributed by atoms with Crippen LogP contribution >= 0.6 is 7.82 Å². The van der Waals surface area contributed by atoms with E-state index in [2.05, 4.69) is 129 Å². The summed E-state index contributed by atoms with van der Waals surface area (Å²) in [5.41, 5.74) is 3.96. The summed E-state index contributed by atoms with van der Waals surface area (Å²) >= 11 is 0. The second-order valence-corrected chi connectivity index (χ2v) is 9.33. The van der Waals surface area contributed by atoms with Crippen molar-refractivity contribution in [1.82, 2.24) is 13.7 Å². The van der Waals surface area contributed by atoms with Gasteiger partial charge in [-0.25, -0.2) is 27.4 Å². The number of hydrogen-bond donors (Lipinski definition) is 0. The Labute approximate surface area is 211 Å². The molecule has 0 radical (unpaired) electrons. The van der Waals surface area contributed by atoms with Crippen LogP contribution < -0.4 is 28.4 Å². The van der Waals surface area contributed by atoms with E-state index >= 15 is 0 Å². The van der Waals surface area contributed by atoms with Crippen LogP contribution in [0.4, 0.5) is 0 Å². The molecule has 0 N–H and O–H groups in total. The van der Waals surface area contributed by atoms with Gasteiger partial charge in [-0.1, -0.05) is 0 Å². The number of aryl methyl sites for hydroxylation is 6. The Kier molecular flexibility index (Phi) is 13.4. The Morgan fingerprint density at radius 2 is 0.771 bits per heavy atom. The van der Waals surface area contributed by atoms with Crippen molar-refractivity contribution in [1.29, 1.82) is 0 Å². The molecule has 0 bridgehead atoms. The molecule has 10 nitrogen and oxygen atoms in total. The smallest absolute Gasteiger partial charge is 0.253 e. The van der Waals surface area contributed by atoms with Crippen LogP contribution in [0.1, 0.15) is 55.3 Å². The van der Waals surface area contributed by atoms with E-state index in [1.54, 1.807) is 0 Å². The summed E-state index contributed by atoms with van der Waals surface area (Å²) in [6.45, 7) is 22.4. The maximum Gasteiger partial charge on any atom is 0.253 e. The van der Waals surface area contributed by atoms with Gasteiger partial charge in [0.1, 0.15) is 35.7 Å². The van der Waals surface area contributed by atoms with E-state index in [1.807, 2.05) is 0 Å². The molecule has 0 amide bonds. The third-order valence-corrected chi connectivity index (χ3v) is 6.34. The van der Waals surface area contributed by atoms with Crippen LogP contribution in [0, 0.1) is 41.5 Å². The molecule has 200 valence electrons. The van der Waals surface area contributed by atoms with Gasteiger partial charge in [0.2, 0.25) is 0 Å². The number of rotatable bonds is 3. The van der Waals surface area contributed by atoms with Gasteiger partial charge in [-0.15, -0.1) is 0 Å².